The van der Waals surface area contributed by atoms with E-state index in [-0.39, 0.29) is 17.1 Å². The number of carbonyl (C=O) groups is 2. The molecule has 40 heavy (non-hydrogen) atoms. The third-order valence-electron chi connectivity index (χ3n) is 7.34. The van der Waals surface area contributed by atoms with Crippen molar-refractivity contribution in [2.45, 2.75) is 26.0 Å². The van der Waals surface area contributed by atoms with Crippen molar-refractivity contribution in [2.24, 2.45) is 0 Å². The van der Waals surface area contributed by atoms with Crippen molar-refractivity contribution < 1.29 is 29.3 Å². The zero-order valence-electron chi connectivity index (χ0n) is 22.6. The number of carbonyl (C=O) groups excluding carboxylic acids is 2. The summed E-state index contributed by atoms with van der Waals surface area (Å²) in [6.07, 6.45) is 0.675. The molecule has 2 aliphatic rings. The number of Topliss-reactive ketones (excluding diaryl/α,β-unsaturated/α-hetero) is 1. The van der Waals surface area contributed by atoms with Crippen LogP contribution in [0.4, 0.5) is 0 Å². The van der Waals surface area contributed by atoms with Crippen LogP contribution in [-0.4, -0.2) is 71.1 Å². The fourth-order valence-corrected chi connectivity index (χ4v) is 5.24. The Bertz CT molecular complexity index is 1380. The van der Waals surface area contributed by atoms with Crippen LogP contribution >= 0.6 is 0 Å². The number of likely N-dealkylation sites (tertiary alicyclic amines) is 1. The number of aromatic hydroxyl groups is 1. The number of hydrogen-bond donors (Lipinski definition) is 2. The number of hydrogen-bond acceptors (Lipinski definition) is 7. The van der Waals surface area contributed by atoms with Crippen molar-refractivity contribution in [3.63, 3.8) is 0 Å². The lowest BCUT2D eigenvalue weighted by atomic mass is 9.95. The summed E-state index contributed by atoms with van der Waals surface area (Å²) in [6, 6.07) is 20.5. The molecular weight excluding hydrogens is 508 g/mol. The molecule has 2 fully saturated rings. The summed E-state index contributed by atoms with van der Waals surface area (Å²) in [6.45, 7) is 6.62. The standard InChI is InChI=1S/C32H34N2O6/c1-22-4-2-5-23(20-22)21-40-27-12-8-25(9-13-27)30(36)28-29(24-6-10-26(35)11-7-24)34(32(38)31(28)37)15-3-14-33-16-18-39-19-17-33/h2,4-13,20,29,35-36H,3,14-19,21H2,1H3/t29-/m0/s1. The molecule has 3 aromatic rings. The number of phenolic OH excluding ortho intramolecular Hbond substituents is 1. The maximum atomic E-state index is 13.3. The number of phenols is 1. The molecule has 2 N–H and O–H groups in total. The average Bonchev–Trinajstić information content (AvgIpc) is 3.22. The highest BCUT2D eigenvalue weighted by Crippen LogP contribution is 2.40. The highest BCUT2D eigenvalue weighted by Gasteiger charge is 2.45. The van der Waals surface area contributed by atoms with Gasteiger partial charge in [-0.2, -0.15) is 0 Å². The normalized spacial score (nSPS) is 19.2. The first kappa shape index (κ1) is 27.4. The summed E-state index contributed by atoms with van der Waals surface area (Å²) >= 11 is 0. The molecule has 0 aliphatic carbocycles. The smallest absolute Gasteiger partial charge is 0.295 e. The second-order valence-corrected chi connectivity index (χ2v) is 10.2. The van der Waals surface area contributed by atoms with Crippen LogP contribution in [-0.2, 0) is 20.9 Å². The van der Waals surface area contributed by atoms with Gasteiger partial charge < -0.3 is 24.6 Å². The van der Waals surface area contributed by atoms with Crippen LogP contribution < -0.4 is 4.74 Å². The van der Waals surface area contributed by atoms with Crippen molar-refractivity contribution in [2.75, 3.05) is 39.4 Å². The van der Waals surface area contributed by atoms with E-state index in [1.54, 1.807) is 36.4 Å². The van der Waals surface area contributed by atoms with Crippen molar-refractivity contribution in [3.8, 4) is 11.5 Å². The molecule has 0 radical (unpaired) electrons. The Kier molecular flexibility index (Phi) is 8.48. The number of aliphatic hydroxyl groups is 1. The van der Waals surface area contributed by atoms with Crippen molar-refractivity contribution in [1.29, 1.82) is 0 Å². The topological polar surface area (TPSA) is 99.5 Å². The van der Waals surface area contributed by atoms with E-state index in [0.717, 1.165) is 30.8 Å². The van der Waals surface area contributed by atoms with Crippen molar-refractivity contribution >= 4 is 17.4 Å². The SMILES string of the molecule is Cc1cccc(COc2ccc(C(O)=C3C(=O)C(=O)N(CCCN4CCOCC4)[C@H]3c3ccc(O)cc3)cc2)c1. The zero-order chi connectivity index (χ0) is 28.1. The van der Waals surface area contributed by atoms with Gasteiger partial charge in [0.05, 0.1) is 24.8 Å². The minimum Gasteiger partial charge on any atom is -0.508 e. The molecule has 5 rings (SSSR count). The summed E-state index contributed by atoms with van der Waals surface area (Å²) in [7, 11) is 0. The van der Waals surface area contributed by atoms with E-state index in [9.17, 15) is 19.8 Å². The van der Waals surface area contributed by atoms with Crippen LogP contribution in [0.15, 0.2) is 78.4 Å². The average molecular weight is 543 g/mol. The van der Waals surface area contributed by atoms with E-state index in [1.807, 2.05) is 25.1 Å². The summed E-state index contributed by atoms with van der Waals surface area (Å²) in [4.78, 5) is 30.3. The molecule has 2 heterocycles. The van der Waals surface area contributed by atoms with E-state index in [0.29, 0.717) is 49.7 Å². The number of aryl methyl sites for hydroxylation is 1. The first-order valence-corrected chi connectivity index (χ1v) is 13.6. The highest BCUT2D eigenvalue weighted by atomic mass is 16.5. The third-order valence-corrected chi connectivity index (χ3v) is 7.34. The highest BCUT2D eigenvalue weighted by molar-refractivity contribution is 6.46. The molecule has 208 valence electrons. The molecule has 0 saturated carbocycles. The van der Waals surface area contributed by atoms with Crippen LogP contribution in [0, 0.1) is 6.92 Å². The van der Waals surface area contributed by atoms with E-state index >= 15 is 0 Å². The van der Waals surface area contributed by atoms with E-state index < -0.39 is 17.7 Å². The molecule has 0 aromatic heterocycles. The first-order valence-electron chi connectivity index (χ1n) is 13.6. The lowest BCUT2D eigenvalue weighted by molar-refractivity contribution is -0.140. The van der Waals surface area contributed by atoms with Gasteiger partial charge in [0, 0.05) is 31.7 Å². The number of ether oxygens (including phenoxy) is 2. The molecular formula is C32H34N2O6. The van der Waals surface area contributed by atoms with Gasteiger partial charge in [-0.1, -0.05) is 42.0 Å². The molecule has 0 bridgehead atoms. The largest absolute Gasteiger partial charge is 0.508 e. The second kappa shape index (κ2) is 12.4. The van der Waals surface area contributed by atoms with Gasteiger partial charge in [-0.3, -0.25) is 14.5 Å². The molecule has 0 spiro atoms. The van der Waals surface area contributed by atoms with Gasteiger partial charge in [-0.25, -0.2) is 0 Å². The number of aliphatic hydroxyl groups excluding tert-OH is 1. The maximum absolute atomic E-state index is 13.3. The molecule has 2 aliphatic heterocycles. The Balaban J connectivity index is 1.38. The Labute approximate surface area is 234 Å². The Hall–Kier alpha value is -4.14. The minimum absolute atomic E-state index is 0.0375. The van der Waals surface area contributed by atoms with E-state index in [2.05, 4.69) is 11.0 Å². The second-order valence-electron chi connectivity index (χ2n) is 10.2. The van der Waals surface area contributed by atoms with Crippen LogP contribution in [0.3, 0.4) is 0 Å². The summed E-state index contributed by atoms with van der Waals surface area (Å²) < 4.78 is 11.3. The maximum Gasteiger partial charge on any atom is 0.295 e. The molecule has 1 atom stereocenters. The Morgan fingerprint density at radius 2 is 1.70 bits per heavy atom. The predicted molar refractivity (Wildman–Crippen MR) is 151 cm³/mol. The molecule has 0 unspecified atom stereocenters. The number of benzene rings is 3. The van der Waals surface area contributed by atoms with Gasteiger partial charge in [-0.15, -0.1) is 0 Å². The number of nitrogens with zero attached hydrogens (tertiary/aromatic N) is 2. The molecule has 8 heteroatoms. The van der Waals surface area contributed by atoms with E-state index in [4.69, 9.17) is 9.47 Å². The number of ketones is 1. The van der Waals surface area contributed by atoms with Gasteiger partial charge in [0.1, 0.15) is 23.9 Å². The lowest BCUT2D eigenvalue weighted by Crippen LogP contribution is -2.38. The first-order chi connectivity index (χ1) is 19.4. The minimum atomic E-state index is -0.762. The Morgan fingerprint density at radius 1 is 0.975 bits per heavy atom. The number of amides is 1. The van der Waals surface area contributed by atoms with Crippen molar-refractivity contribution in [3.05, 3.63) is 101 Å². The quantitative estimate of drug-likeness (QED) is 0.235. The van der Waals surface area contributed by atoms with Crippen LogP contribution in [0.25, 0.3) is 5.76 Å². The monoisotopic (exact) mass is 542 g/mol. The third kappa shape index (κ3) is 6.19. The number of rotatable bonds is 9. The zero-order valence-corrected chi connectivity index (χ0v) is 22.6. The lowest BCUT2D eigenvalue weighted by Gasteiger charge is -2.29. The fourth-order valence-electron chi connectivity index (χ4n) is 5.24. The van der Waals surface area contributed by atoms with Crippen LogP contribution in [0.1, 0.15) is 34.7 Å². The van der Waals surface area contributed by atoms with Gasteiger partial charge in [0.25, 0.3) is 11.7 Å². The molecule has 8 nitrogen and oxygen atoms in total. The number of morpholine rings is 1. The summed E-state index contributed by atoms with van der Waals surface area (Å²) in [5.74, 6) is -0.898. The van der Waals surface area contributed by atoms with Gasteiger partial charge in [0.2, 0.25) is 0 Å². The predicted octanol–water partition coefficient (Wildman–Crippen LogP) is 4.42. The summed E-state index contributed by atoms with van der Waals surface area (Å²) in [5.41, 5.74) is 3.30. The van der Waals surface area contributed by atoms with Gasteiger partial charge >= 0.3 is 0 Å². The summed E-state index contributed by atoms with van der Waals surface area (Å²) in [5, 5.41) is 21.2. The van der Waals surface area contributed by atoms with Crippen LogP contribution in [0.2, 0.25) is 0 Å². The van der Waals surface area contributed by atoms with Gasteiger partial charge in [0.15, 0.2) is 0 Å². The molecule has 3 aromatic carbocycles. The van der Waals surface area contributed by atoms with Gasteiger partial charge in [-0.05, 0) is 60.9 Å². The van der Waals surface area contributed by atoms with Crippen molar-refractivity contribution in [1.82, 2.24) is 9.80 Å². The fraction of sp³-hybridized carbons (Fsp3) is 0.312. The van der Waals surface area contributed by atoms with Crippen LogP contribution in [0.5, 0.6) is 11.5 Å². The molecule has 1 amide bonds. The van der Waals surface area contributed by atoms with E-state index in [1.165, 1.54) is 17.0 Å². The molecule has 2 saturated heterocycles. The Morgan fingerprint density at radius 3 is 2.40 bits per heavy atom.